The van der Waals surface area contributed by atoms with Crippen LogP contribution < -0.4 is 15.5 Å². The Balaban J connectivity index is 1.24. The summed E-state index contributed by atoms with van der Waals surface area (Å²) in [5.41, 5.74) is 3.43. The number of carbonyl (C=O) groups excluding carboxylic acids is 2. The van der Waals surface area contributed by atoms with Gasteiger partial charge in [-0.05, 0) is 42.2 Å². The van der Waals surface area contributed by atoms with Crippen LogP contribution in [0.15, 0.2) is 67.0 Å². The summed E-state index contributed by atoms with van der Waals surface area (Å²) in [6, 6.07) is 17.4. The molecule has 2 amide bonds. The Labute approximate surface area is 271 Å². The van der Waals surface area contributed by atoms with E-state index < -0.39 is 6.29 Å². The molecule has 5 rings (SSSR count). The van der Waals surface area contributed by atoms with Gasteiger partial charge < -0.3 is 30.1 Å². The van der Waals surface area contributed by atoms with E-state index in [-0.39, 0.29) is 36.5 Å². The highest BCUT2D eigenvalue weighted by Gasteiger charge is 2.39. The molecule has 2 aromatic carbocycles. The molecule has 4 atom stereocenters. The third kappa shape index (κ3) is 9.32. The van der Waals surface area contributed by atoms with Crippen molar-refractivity contribution in [1.82, 2.24) is 20.2 Å². The van der Waals surface area contributed by atoms with Crippen molar-refractivity contribution in [1.29, 1.82) is 0 Å². The maximum Gasteiger partial charge on any atom is 0.225 e. The van der Waals surface area contributed by atoms with E-state index in [9.17, 15) is 14.7 Å². The number of benzene rings is 2. The van der Waals surface area contributed by atoms with E-state index >= 15 is 0 Å². The quantitative estimate of drug-likeness (QED) is 0.238. The molecule has 2 fully saturated rings. The molecule has 0 saturated carbocycles. The molecule has 0 spiro atoms. The number of carbonyl (C=O) groups is 2. The molecular weight excluding hydrogens is 584 g/mol. The second-order valence-corrected chi connectivity index (χ2v) is 12.1. The van der Waals surface area contributed by atoms with Crippen LogP contribution in [0, 0.1) is 5.92 Å². The molecule has 2 saturated heterocycles. The third-order valence-corrected chi connectivity index (χ3v) is 8.67. The Hall–Kier alpha value is -3.90. The van der Waals surface area contributed by atoms with Crippen LogP contribution >= 0.6 is 0 Å². The third-order valence-electron chi connectivity index (χ3n) is 8.67. The molecule has 0 radical (unpaired) electrons. The first-order valence-electron chi connectivity index (χ1n) is 16.3. The molecule has 46 heavy (non-hydrogen) atoms. The molecule has 3 heterocycles. The van der Waals surface area contributed by atoms with Gasteiger partial charge in [-0.25, -0.2) is 9.97 Å². The van der Waals surface area contributed by atoms with Crippen molar-refractivity contribution < 1.29 is 24.2 Å². The van der Waals surface area contributed by atoms with Crippen LogP contribution in [0.25, 0.3) is 0 Å². The summed E-state index contributed by atoms with van der Waals surface area (Å²) < 4.78 is 13.3. The summed E-state index contributed by atoms with van der Waals surface area (Å²) in [5, 5.41) is 15.4. The smallest absolute Gasteiger partial charge is 0.225 e. The van der Waals surface area contributed by atoms with Crippen molar-refractivity contribution in [2.45, 2.75) is 64.6 Å². The van der Waals surface area contributed by atoms with Crippen molar-refractivity contribution in [2.75, 3.05) is 49.5 Å². The monoisotopic (exact) mass is 630 g/mol. The SMILES string of the molecule is CC(=O)NCCCCCC(=O)Nc1cccc([C@H]2O[C@@H](CN3CCN(c4ncccn4)CC3)[C@@H](C)[C@@H](c3ccc(CO)cc3)O2)c1. The number of hydrogen-bond acceptors (Lipinski definition) is 9. The Morgan fingerprint density at radius 1 is 0.935 bits per heavy atom. The van der Waals surface area contributed by atoms with Crippen LogP contribution in [0.3, 0.4) is 0 Å². The summed E-state index contributed by atoms with van der Waals surface area (Å²) in [4.78, 5) is 37.2. The minimum absolute atomic E-state index is 0.00863. The zero-order chi connectivity index (χ0) is 32.3. The number of unbranched alkanes of at least 4 members (excludes halogenated alkanes) is 2. The van der Waals surface area contributed by atoms with Crippen molar-refractivity contribution in [3.63, 3.8) is 0 Å². The van der Waals surface area contributed by atoms with Gasteiger partial charge in [0.05, 0.1) is 18.8 Å². The highest BCUT2D eigenvalue weighted by Crippen LogP contribution is 2.42. The van der Waals surface area contributed by atoms with Crippen molar-refractivity contribution in [3.05, 3.63) is 83.7 Å². The summed E-state index contributed by atoms with van der Waals surface area (Å²) in [6.45, 7) is 8.49. The summed E-state index contributed by atoms with van der Waals surface area (Å²) >= 11 is 0. The highest BCUT2D eigenvalue weighted by molar-refractivity contribution is 5.90. The second kappa shape index (κ2) is 16.6. The fraction of sp³-hybridized carbons (Fsp3) is 0.486. The fourth-order valence-corrected chi connectivity index (χ4v) is 6.01. The Morgan fingerprint density at radius 2 is 1.70 bits per heavy atom. The lowest BCUT2D eigenvalue weighted by molar-refractivity contribution is -0.276. The average molecular weight is 631 g/mol. The van der Waals surface area contributed by atoms with Crippen LogP contribution in [0.5, 0.6) is 0 Å². The molecule has 246 valence electrons. The number of ether oxygens (including phenoxy) is 2. The van der Waals surface area contributed by atoms with Crippen molar-refractivity contribution in [3.8, 4) is 0 Å². The largest absolute Gasteiger partial charge is 0.392 e. The maximum absolute atomic E-state index is 12.7. The fourth-order valence-electron chi connectivity index (χ4n) is 6.01. The first kappa shape index (κ1) is 33.5. The first-order valence-corrected chi connectivity index (χ1v) is 16.3. The summed E-state index contributed by atoms with van der Waals surface area (Å²) in [5.74, 6) is 0.751. The zero-order valence-electron chi connectivity index (χ0n) is 26.8. The summed E-state index contributed by atoms with van der Waals surface area (Å²) in [7, 11) is 0. The standard InChI is InChI=1S/C35H46N6O5/c1-25-31(23-40-18-20-41(21-19-40)35-37-16-7-17-38-35)45-34(46-33(25)28-13-11-27(24-42)12-14-28)29-8-6-9-30(22-29)39-32(44)10-4-3-5-15-36-26(2)43/h6-9,11-14,16-17,22,25,31,33-34,42H,3-5,10,15,18-21,23-24H2,1-2H3,(H,36,43)(H,39,44)/t25-,31+,33+,34+/m1/s1. The van der Waals surface area contributed by atoms with E-state index in [1.54, 1.807) is 12.4 Å². The summed E-state index contributed by atoms with van der Waals surface area (Å²) in [6.07, 6.45) is 5.50. The van der Waals surface area contributed by atoms with Crippen LogP contribution in [0.4, 0.5) is 11.6 Å². The molecule has 0 bridgehead atoms. The lowest BCUT2D eigenvalue weighted by atomic mass is 9.90. The van der Waals surface area contributed by atoms with Gasteiger partial charge in [0.1, 0.15) is 0 Å². The maximum atomic E-state index is 12.7. The molecular formula is C35H46N6O5. The minimum Gasteiger partial charge on any atom is -0.392 e. The van der Waals surface area contributed by atoms with E-state index in [1.807, 2.05) is 54.6 Å². The number of hydrogen-bond donors (Lipinski definition) is 3. The van der Waals surface area contributed by atoms with Gasteiger partial charge in [0.2, 0.25) is 17.8 Å². The molecule has 3 N–H and O–H groups in total. The van der Waals surface area contributed by atoms with E-state index in [4.69, 9.17) is 9.47 Å². The Bertz CT molecular complexity index is 1400. The van der Waals surface area contributed by atoms with Gasteiger partial charge in [-0.1, -0.05) is 49.7 Å². The number of nitrogens with one attached hydrogen (secondary N) is 2. The number of nitrogens with zero attached hydrogens (tertiary/aromatic N) is 4. The first-order chi connectivity index (χ1) is 22.4. The van der Waals surface area contributed by atoms with Crippen LogP contribution in [-0.4, -0.2) is 77.2 Å². The predicted octanol–water partition coefficient (Wildman–Crippen LogP) is 4.22. The Morgan fingerprint density at radius 3 is 2.41 bits per heavy atom. The number of amides is 2. The lowest BCUT2D eigenvalue weighted by Crippen LogP contribution is -2.51. The van der Waals surface area contributed by atoms with E-state index in [2.05, 4.69) is 37.3 Å². The number of rotatable bonds is 13. The van der Waals surface area contributed by atoms with Gasteiger partial charge in [-0.2, -0.15) is 0 Å². The van der Waals surface area contributed by atoms with Crippen LogP contribution in [0.2, 0.25) is 0 Å². The number of aliphatic hydroxyl groups excluding tert-OH is 1. The number of aliphatic hydroxyl groups is 1. The van der Waals surface area contributed by atoms with Crippen LogP contribution in [0.1, 0.15) is 68.6 Å². The Kier molecular flexibility index (Phi) is 12.1. The van der Waals surface area contributed by atoms with Gasteiger partial charge in [-0.15, -0.1) is 0 Å². The van der Waals surface area contributed by atoms with Gasteiger partial charge in [0, 0.05) is 82.2 Å². The zero-order valence-corrected chi connectivity index (χ0v) is 26.8. The normalized spacial score (nSPS) is 21.9. The molecule has 11 heteroatoms. The average Bonchev–Trinajstić information content (AvgIpc) is 3.08. The molecule has 2 aliphatic rings. The van der Waals surface area contributed by atoms with Gasteiger partial charge in [0.15, 0.2) is 6.29 Å². The van der Waals surface area contributed by atoms with Gasteiger partial charge in [0.25, 0.3) is 0 Å². The lowest BCUT2D eigenvalue weighted by Gasteiger charge is -2.44. The van der Waals surface area contributed by atoms with Gasteiger partial charge >= 0.3 is 0 Å². The van der Waals surface area contributed by atoms with E-state index in [0.717, 1.165) is 74.6 Å². The topological polar surface area (TPSA) is 129 Å². The molecule has 2 aliphatic heterocycles. The van der Waals surface area contributed by atoms with Crippen molar-refractivity contribution in [2.24, 2.45) is 5.92 Å². The molecule has 1 aromatic heterocycles. The molecule has 11 nitrogen and oxygen atoms in total. The molecule has 0 aliphatic carbocycles. The van der Waals surface area contributed by atoms with Crippen LogP contribution in [-0.2, 0) is 25.7 Å². The van der Waals surface area contributed by atoms with Gasteiger partial charge in [-0.3, -0.25) is 14.5 Å². The predicted molar refractivity (Wildman–Crippen MR) is 176 cm³/mol. The highest BCUT2D eigenvalue weighted by atomic mass is 16.7. The number of piperazine rings is 1. The van der Waals surface area contributed by atoms with E-state index in [0.29, 0.717) is 18.7 Å². The molecule has 3 aromatic rings. The number of aromatic nitrogens is 2. The second-order valence-electron chi connectivity index (χ2n) is 12.1. The van der Waals surface area contributed by atoms with Crippen molar-refractivity contribution >= 4 is 23.5 Å². The minimum atomic E-state index is -0.617. The number of anilines is 2. The molecule has 0 unspecified atom stereocenters. The van der Waals surface area contributed by atoms with E-state index in [1.165, 1.54) is 6.92 Å².